The van der Waals surface area contributed by atoms with Crippen molar-refractivity contribution >= 4 is 11.9 Å². The van der Waals surface area contributed by atoms with Crippen molar-refractivity contribution in [3.8, 4) is 0 Å². The van der Waals surface area contributed by atoms with Crippen LogP contribution in [-0.2, 0) is 19.1 Å². The van der Waals surface area contributed by atoms with E-state index in [1.807, 2.05) is 0 Å². The van der Waals surface area contributed by atoms with Crippen LogP contribution in [0, 0.1) is 0 Å². The summed E-state index contributed by atoms with van der Waals surface area (Å²) in [6.45, 7) is 5.43. The lowest BCUT2D eigenvalue weighted by Crippen LogP contribution is -2.56. The molecule has 16 heavy (non-hydrogen) atoms. The fourth-order valence-electron chi connectivity index (χ4n) is 1.07. The number of rotatable bonds is 6. The van der Waals surface area contributed by atoms with Crippen molar-refractivity contribution < 1.29 is 19.1 Å². The van der Waals surface area contributed by atoms with E-state index in [0.717, 1.165) is 0 Å². The van der Waals surface area contributed by atoms with E-state index < -0.39 is 17.5 Å². The van der Waals surface area contributed by atoms with Crippen LogP contribution >= 0.6 is 0 Å². The first-order valence-corrected chi connectivity index (χ1v) is 5.27. The lowest BCUT2D eigenvalue weighted by molar-refractivity contribution is -0.163. The molecule has 0 radical (unpaired) electrons. The molecule has 0 amide bonds. The largest absolute Gasteiger partial charge is 0.464 e. The van der Waals surface area contributed by atoms with Gasteiger partial charge in [-0.15, -0.1) is 0 Å². The molecule has 0 aliphatic rings. The van der Waals surface area contributed by atoms with Crippen LogP contribution in [0.25, 0.3) is 0 Å². The van der Waals surface area contributed by atoms with Gasteiger partial charge in [-0.1, -0.05) is 12.2 Å². The smallest absolute Gasteiger partial charge is 0.338 e. The van der Waals surface area contributed by atoms with Gasteiger partial charge in [0.25, 0.3) is 0 Å². The van der Waals surface area contributed by atoms with E-state index in [2.05, 4.69) is 0 Å². The van der Waals surface area contributed by atoms with Crippen molar-refractivity contribution in [1.82, 2.24) is 0 Å². The first-order chi connectivity index (χ1) is 7.52. The second-order valence-electron chi connectivity index (χ2n) is 3.19. The molecule has 0 unspecified atom stereocenters. The number of hydrogen-bond acceptors (Lipinski definition) is 5. The molecule has 0 spiro atoms. The van der Waals surface area contributed by atoms with Crippen molar-refractivity contribution in [2.75, 3.05) is 13.2 Å². The highest BCUT2D eigenvalue weighted by Crippen LogP contribution is 2.13. The summed E-state index contributed by atoms with van der Waals surface area (Å²) < 4.78 is 9.55. The van der Waals surface area contributed by atoms with E-state index in [1.54, 1.807) is 32.9 Å². The summed E-state index contributed by atoms with van der Waals surface area (Å²) in [4.78, 5) is 23.2. The molecule has 0 aliphatic carbocycles. The van der Waals surface area contributed by atoms with Crippen molar-refractivity contribution in [2.24, 2.45) is 5.73 Å². The molecule has 5 nitrogen and oxygen atoms in total. The Morgan fingerprint density at radius 3 is 1.94 bits per heavy atom. The number of esters is 2. The van der Waals surface area contributed by atoms with Gasteiger partial charge in [0, 0.05) is 6.42 Å². The van der Waals surface area contributed by atoms with E-state index in [-0.39, 0.29) is 19.6 Å². The molecule has 5 heteroatoms. The SMILES string of the molecule is C/C=C/CC(N)(C(=O)OCC)C(=O)OCC. The summed E-state index contributed by atoms with van der Waals surface area (Å²) in [6, 6.07) is 0. The van der Waals surface area contributed by atoms with Crippen LogP contribution in [0.15, 0.2) is 12.2 Å². The molecule has 0 fully saturated rings. The Balaban J connectivity index is 4.85. The third-order valence-electron chi connectivity index (χ3n) is 1.95. The van der Waals surface area contributed by atoms with Crippen molar-refractivity contribution in [1.29, 1.82) is 0 Å². The van der Waals surface area contributed by atoms with E-state index in [1.165, 1.54) is 0 Å². The molecule has 0 aromatic heterocycles. The van der Waals surface area contributed by atoms with Crippen LogP contribution < -0.4 is 5.73 Å². The first-order valence-electron chi connectivity index (χ1n) is 5.27. The zero-order valence-electron chi connectivity index (χ0n) is 9.99. The normalized spacial score (nSPS) is 11.5. The molecule has 0 saturated carbocycles. The number of allylic oxidation sites excluding steroid dienone is 1. The average molecular weight is 229 g/mol. The van der Waals surface area contributed by atoms with Gasteiger partial charge in [0.15, 0.2) is 0 Å². The maximum absolute atomic E-state index is 11.6. The van der Waals surface area contributed by atoms with Gasteiger partial charge in [-0.25, -0.2) is 9.59 Å². The Bertz CT molecular complexity index is 255. The summed E-state index contributed by atoms with van der Waals surface area (Å²) in [6.07, 6.45) is 3.41. The molecule has 0 aromatic carbocycles. The summed E-state index contributed by atoms with van der Waals surface area (Å²) >= 11 is 0. The predicted octanol–water partition coefficient (Wildman–Crippen LogP) is 0.776. The summed E-state index contributed by atoms with van der Waals surface area (Å²) in [5, 5.41) is 0. The zero-order valence-corrected chi connectivity index (χ0v) is 9.99. The second kappa shape index (κ2) is 7.00. The third kappa shape index (κ3) is 3.66. The molecule has 0 saturated heterocycles. The van der Waals surface area contributed by atoms with Crippen LogP contribution in [0.1, 0.15) is 27.2 Å². The van der Waals surface area contributed by atoms with Crippen molar-refractivity contribution in [3.63, 3.8) is 0 Å². The van der Waals surface area contributed by atoms with E-state index in [0.29, 0.717) is 0 Å². The summed E-state index contributed by atoms with van der Waals surface area (Å²) in [5.74, 6) is -1.52. The summed E-state index contributed by atoms with van der Waals surface area (Å²) in [5.41, 5.74) is 4.01. The van der Waals surface area contributed by atoms with Gasteiger partial charge in [-0.05, 0) is 20.8 Å². The molecule has 0 rings (SSSR count). The Hall–Kier alpha value is -1.36. The number of nitrogens with two attached hydrogens (primary N) is 1. The lowest BCUT2D eigenvalue weighted by Gasteiger charge is -2.23. The Labute approximate surface area is 95.6 Å². The fraction of sp³-hybridized carbons (Fsp3) is 0.636. The minimum Gasteiger partial charge on any atom is -0.464 e. The number of ether oxygens (including phenoxy) is 2. The van der Waals surface area contributed by atoms with Gasteiger partial charge in [-0.2, -0.15) is 0 Å². The molecular weight excluding hydrogens is 210 g/mol. The highest BCUT2D eigenvalue weighted by molar-refractivity contribution is 6.04. The lowest BCUT2D eigenvalue weighted by atomic mass is 9.96. The highest BCUT2D eigenvalue weighted by atomic mass is 16.6. The van der Waals surface area contributed by atoms with E-state index in [4.69, 9.17) is 15.2 Å². The molecule has 0 atom stereocenters. The van der Waals surface area contributed by atoms with Crippen LogP contribution in [0.5, 0.6) is 0 Å². The number of carbonyl (C=O) groups excluding carboxylic acids is 2. The van der Waals surface area contributed by atoms with Crippen LogP contribution in [0.3, 0.4) is 0 Å². The van der Waals surface area contributed by atoms with Gasteiger partial charge >= 0.3 is 11.9 Å². The van der Waals surface area contributed by atoms with Gasteiger partial charge < -0.3 is 15.2 Å². The summed E-state index contributed by atoms with van der Waals surface area (Å²) in [7, 11) is 0. The molecule has 0 bridgehead atoms. The zero-order chi connectivity index (χ0) is 12.6. The monoisotopic (exact) mass is 229 g/mol. The number of hydrogen-bond donors (Lipinski definition) is 1. The minimum absolute atomic E-state index is 0.0706. The number of carbonyl (C=O) groups is 2. The van der Waals surface area contributed by atoms with Crippen LogP contribution in [0.2, 0.25) is 0 Å². The van der Waals surface area contributed by atoms with E-state index in [9.17, 15) is 9.59 Å². The van der Waals surface area contributed by atoms with Crippen molar-refractivity contribution in [3.05, 3.63) is 12.2 Å². The molecule has 0 heterocycles. The van der Waals surface area contributed by atoms with Crippen LogP contribution in [-0.4, -0.2) is 30.7 Å². The van der Waals surface area contributed by atoms with E-state index >= 15 is 0 Å². The maximum Gasteiger partial charge on any atom is 0.338 e. The topological polar surface area (TPSA) is 78.6 Å². The van der Waals surface area contributed by atoms with Gasteiger partial charge in [0.2, 0.25) is 5.54 Å². The highest BCUT2D eigenvalue weighted by Gasteiger charge is 2.44. The van der Waals surface area contributed by atoms with Gasteiger partial charge in [0.05, 0.1) is 13.2 Å². The predicted molar refractivity (Wildman–Crippen MR) is 59.6 cm³/mol. The average Bonchev–Trinajstić information content (AvgIpc) is 2.26. The Morgan fingerprint density at radius 1 is 1.19 bits per heavy atom. The van der Waals surface area contributed by atoms with Gasteiger partial charge in [0.1, 0.15) is 0 Å². The van der Waals surface area contributed by atoms with Crippen molar-refractivity contribution in [2.45, 2.75) is 32.7 Å². The molecule has 92 valence electrons. The minimum atomic E-state index is -1.74. The fourth-order valence-corrected chi connectivity index (χ4v) is 1.07. The molecule has 2 N–H and O–H groups in total. The second-order valence-corrected chi connectivity index (χ2v) is 3.19. The quantitative estimate of drug-likeness (QED) is 0.413. The van der Waals surface area contributed by atoms with Crippen LogP contribution in [0.4, 0.5) is 0 Å². The van der Waals surface area contributed by atoms with Gasteiger partial charge in [-0.3, -0.25) is 0 Å². The molecular formula is C11H19NO4. The Morgan fingerprint density at radius 2 is 1.62 bits per heavy atom. The standard InChI is InChI=1S/C11H19NO4/c1-4-7-8-11(12,9(13)15-5-2)10(14)16-6-3/h4,7H,5-6,8,12H2,1-3H3/b7-4+. The third-order valence-corrected chi connectivity index (χ3v) is 1.95. The maximum atomic E-state index is 11.6. The molecule has 0 aromatic rings. The molecule has 0 aliphatic heterocycles. The first kappa shape index (κ1) is 14.6. The Kier molecular flexibility index (Phi) is 6.41.